The fraction of sp³-hybridized carbons (Fsp3) is 0.286. The van der Waals surface area contributed by atoms with Crippen molar-refractivity contribution in [3.63, 3.8) is 0 Å². The van der Waals surface area contributed by atoms with Crippen LogP contribution in [0, 0.1) is 11.6 Å². The molecule has 2 nitrogen and oxygen atoms in total. The molecule has 0 radical (unpaired) electrons. The van der Waals surface area contributed by atoms with Gasteiger partial charge in [-0.1, -0.05) is 6.08 Å². The predicted octanol–water partition coefficient (Wildman–Crippen LogP) is 3.48. The van der Waals surface area contributed by atoms with Crippen molar-refractivity contribution in [3.8, 4) is 0 Å². The Morgan fingerprint density at radius 2 is 2.22 bits per heavy atom. The van der Waals surface area contributed by atoms with Gasteiger partial charge in [-0.15, -0.1) is 0 Å². The number of benzene rings is 1. The van der Waals surface area contributed by atoms with Crippen LogP contribution in [-0.4, -0.2) is 12.6 Å². The summed E-state index contributed by atoms with van der Waals surface area (Å²) in [6.07, 6.45) is 4.16. The molecule has 0 fully saturated rings. The molecule has 1 unspecified atom stereocenters. The highest BCUT2D eigenvalue weighted by Gasteiger charge is 2.19. The zero-order chi connectivity index (χ0) is 12.7. The molecule has 0 spiro atoms. The van der Waals surface area contributed by atoms with Gasteiger partial charge in [0.25, 0.3) is 0 Å². The van der Waals surface area contributed by atoms with E-state index >= 15 is 0 Å². The van der Waals surface area contributed by atoms with Crippen LogP contribution in [0.15, 0.2) is 28.9 Å². The number of hydrogen-bond donors (Lipinski definition) is 1. The van der Waals surface area contributed by atoms with Crippen LogP contribution in [-0.2, 0) is 0 Å². The Morgan fingerprint density at radius 3 is 3.00 bits per heavy atom. The highest BCUT2D eigenvalue weighted by molar-refractivity contribution is 5.90. The maximum absolute atomic E-state index is 13.6. The van der Waals surface area contributed by atoms with Crippen LogP contribution >= 0.6 is 0 Å². The molecular weight excluding hydrogens is 236 g/mol. The van der Waals surface area contributed by atoms with Gasteiger partial charge in [-0.25, -0.2) is 8.78 Å². The lowest BCUT2D eigenvalue weighted by Crippen LogP contribution is -2.29. The fourth-order valence-corrected chi connectivity index (χ4v) is 2.40. The van der Waals surface area contributed by atoms with Gasteiger partial charge in [0.05, 0.1) is 11.6 Å². The Labute approximate surface area is 103 Å². The van der Waals surface area contributed by atoms with E-state index in [-0.39, 0.29) is 5.39 Å². The van der Waals surface area contributed by atoms with Crippen LogP contribution in [0.3, 0.4) is 0 Å². The Morgan fingerprint density at radius 1 is 1.39 bits per heavy atom. The second kappa shape index (κ2) is 4.21. The second-order valence-corrected chi connectivity index (χ2v) is 4.63. The first-order chi connectivity index (χ1) is 8.66. The Balaban J connectivity index is 2.20. The molecule has 3 rings (SSSR count). The molecule has 1 atom stereocenters. The molecule has 2 aromatic rings. The lowest BCUT2D eigenvalue weighted by atomic mass is 9.95. The summed E-state index contributed by atoms with van der Waals surface area (Å²) < 4.78 is 32.5. The summed E-state index contributed by atoms with van der Waals surface area (Å²) in [5.74, 6) is -1.67. The van der Waals surface area contributed by atoms with Crippen LogP contribution in [0.2, 0.25) is 0 Å². The smallest absolute Gasteiger partial charge is 0.169 e. The predicted molar refractivity (Wildman–Crippen MR) is 66.2 cm³/mol. The second-order valence-electron chi connectivity index (χ2n) is 4.63. The van der Waals surface area contributed by atoms with E-state index in [2.05, 4.69) is 12.2 Å². The van der Waals surface area contributed by atoms with Crippen LogP contribution in [0.5, 0.6) is 0 Å². The van der Waals surface area contributed by atoms with Crippen molar-refractivity contribution in [1.82, 2.24) is 5.32 Å². The van der Waals surface area contributed by atoms with E-state index < -0.39 is 11.6 Å². The van der Waals surface area contributed by atoms with Gasteiger partial charge in [0.1, 0.15) is 5.58 Å². The standard InChI is InChI=1S/C14H13F2NO/c1-8-6-9(2-4-17-8)11-7-12(15)13(16)10-3-5-18-14(10)11/h2-3,5,7-8,17H,4,6H2,1H3. The number of rotatable bonds is 1. The van der Waals surface area contributed by atoms with Gasteiger partial charge in [0.2, 0.25) is 0 Å². The van der Waals surface area contributed by atoms with Crippen molar-refractivity contribution < 1.29 is 13.2 Å². The maximum atomic E-state index is 13.6. The highest BCUT2D eigenvalue weighted by atomic mass is 19.2. The summed E-state index contributed by atoms with van der Waals surface area (Å²) >= 11 is 0. The maximum Gasteiger partial charge on any atom is 0.169 e. The average Bonchev–Trinajstić information content (AvgIpc) is 2.83. The molecule has 1 N–H and O–H groups in total. The van der Waals surface area contributed by atoms with Crippen LogP contribution in [0.4, 0.5) is 8.78 Å². The van der Waals surface area contributed by atoms with Crippen molar-refractivity contribution in [1.29, 1.82) is 0 Å². The first kappa shape index (κ1) is 11.4. The third kappa shape index (κ3) is 1.73. The number of hydrogen-bond acceptors (Lipinski definition) is 2. The molecule has 2 heterocycles. The quantitative estimate of drug-likeness (QED) is 0.837. The SMILES string of the molecule is CC1CC(c2cc(F)c(F)c3ccoc23)=CCN1. The first-order valence-electron chi connectivity index (χ1n) is 5.95. The lowest BCUT2D eigenvalue weighted by molar-refractivity contribution is 0.514. The number of fused-ring (bicyclic) bond motifs is 1. The van der Waals surface area contributed by atoms with E-state index in [4.69, 9.17) is 4.42 Å². The molecule has 0 bridgehead atoms. The number of halogens is 2. The van der Waals surface area contributed by atoms with Gasteiger partial charge in [-0.05, 0) is 31.1 Å². The molecule has 1 aromatic carbocycles. The molecule has 0 saturated heterocycles. The van der Waals surface area contributed by atoms with Crippen molar-refractivity contribution in [3.05, 3.63) is 41.7 Å². The minimum Gasteiger partial charge on any atom is -0.464 e. The van der Waals surface area contributed by atoms with Crippen LogP contribution in [0.1, 0.15) is 18.9 Å². The van der Waals surface area contributed by atoms with E-state index in [0.29, 0.717) is 17.2 Å². The van der Waals surface area contributed by atoms with E-state index in [1.807, 2.05) is 6.08 Å². The van der Waals surface area contributed by atoms with Gasteiger partial charge in [0.15, 0.2) is 11.6 Å². The van der Waals surface area contributed by atoms with Crippen LogP contribution in [0.25, 0.3) is 16.5 Å². The molecule has 1 aromatic heterocycles. The molecule has 0 saturated carbocycles. The summed E-state index contributed by atoms with van der Waals surface area (Å²) in [6.45, 7) is 2.80. The monoisotopic (exact) mass is 249 g/mol. The minimum absolute atomic E-state index is 0.206. The first-order valence-corrected chi connectivity index (χ1v) is 5.95. The third-order valence-corrected chi connectivity index (χ3v) is 3.31. The average molecular weight is 249 g/mol. The lowest BCUT2D eigenvalue weighted by Gasteiger charge is -2.21. The Bertz CT molecular complexity index is 630. The largest absolute Gasteiger partial charge is 0.464 e. The molecule has 4 heteroatoms. The summed E-state index contributed by atoms with van der Waals surface area (Å²) in [5.41, 5.74) is 2.08. The van der Waals surface area contributed by atoms with E-state index in [1.54, 1.807) is 0 Å². The summed E-state index contributed by atoms with van der Waals surface area (Å²) in [5, 5.41) is 3.48. The number of nitrogens with one attached hydrogen (secondary N) is 1. The van der Waals surface area contributed by atoms with Crippen molar-refractivity contribution in [2.45, 2.75) is 19.4 Å². The summed E-state index contributed by atoms with van der Waals surface area (Å²) in [7, 11) is 0. The van der Waals surface area contributed by atoms with Crippen LogP contribution < -0.4 is 5.32 Å². The summed E-state index contributed by atoms with van der Waals surface area (Å²) in [4.78, 5) is 0. The molecule has 1 aliphatic rings. The zero-order valence-electron chi connectivity index (χ0n) is 9.97. The normalized spacial score (nSPS) is 20.2. The van der Waals surface area contributed by atoms with Gasteiger partial charge < -0.3 is 9.73 Å². The summed E-state index contributed by atoms with van der Waals surface area (Å²) in [6, 6.07) is 3.01. The van der Waals surface area contributed by atoms with Gasteiger partial charge >= 0.3 is 0 Å². The highest BCUT2D eigenvalue weighted by Crippen LogP contribution is 2.32. The minimum atomic E-state index is -0.843. The van der Waals surface area contributed by atoms with Crippen molar-refractivity contribution in [2.24, 2.45) is 0 Å². The molecule has 1 aliphatic heterocycles. The van der Waals surface area contributed by atoms with Gasteiger partial charge in [0, 0.05) is 18.2 Å². The van der Waals surface area contributed by atoms with Gasteiger partial charge in [-0.2, -0.15) is 0 Å². The Kier molecular flexibility index (Phi) is 2.67. The fourth-order valence-electron chi connectivity index (χ4n) is 2.40. The third-order valence-electron chi connectivity index (χ3n) is 3.31. The van der Waals surface area contributed by atoms with E-state index in [1.165, 1.54) is 18.4 Å². The van der Waals surface area contributed by atoms with Gasteiger partial charge in [-0.3, -0.25) is 0 Å². The Hall–Kier alpha value is -1.68. The van der Waals surface area contributed by atoms with Crippen molar-refractivity contribution in [2.75, 3.05) is 6.54 Å². The van der Waals surface area contributed by atoms with E-state index in [9.17, 15) is 8.78 Å². The molecule has 0 aliphatic carbocycles. The zero-order valence-corrected chi connectivity index (χ0v) is 9.97. The number of furan rings is 1. The van der Waals surface area contributed by atoms with E-state index in [0.717, 1.165) is 18.5 Å². The van der Waals surface area contributed by atoms with Crippen molar-refractivity contribution >= 4 is 16.5 Å². The topological polar surface area (TPSA) is 25.2 Å². The molecule has 18 heavy (non-hydrogen) atoms. The molecule has 0 amide bonds. The molecular formula is C14H13F2NO. The molecule has 94 valence electrons.